The van der Waals surface area contributed by atoms with Gasteiger partial charge in [-0.3, -0.25) is 10.2 Å². The summed E-state index contributed by atoms with van der Waals surface area (Å²) in [6.07, 6.45) is -0.726. The zero-order valence-electron chi connectivity index (χ0n) is 9.04. The van der Waals surface area contributed by atoms with E-state index in [9.17, 15) is 4.79 Å². The molecule has 0 unspecified atom stereocenters. The predicted octanol–water partition coefficient (Wildman–Crippen LogP) is 2.88. The van der Waals surface area contributed by atoms with Crippen LogP contribution in [-0.2, 0) is 4.84 Å². The maximum Gasteiger partial charge on any atom is 0.437 e. The van der Waals surface area contributed by atoms with Crippen molar-refractivity contribution in [3.63, 3.8) is 0 Å². The first-order valence-electron chi connectivity index (χ1n) is 4.69. The molecule has 0 aliphatic heterocycles. The number of carbonyl (C=O) groups excluding carboxylic acids is 1. The molecule has 0 radical (unpaired) electrons. The van der Waals surface area contributed by atoms with Crippen molar-refractivity contribution in [2.24, 2.45) is 10.9 Å². The van der Waals surface area contributed by atoms with Crippen molar-refractivity contribution in [1.82, 2.24) is 0 Å². The molecule has 0 aliphatic rings. The number of benzene rings is 1. The van der Waals surface area contributed by atoms with Crippen LogP contribution in [0.4, 0.5) is 10.5 Å². The normalized spacial score (nSPS) is 11.2. The highest BCUT2D eigenvalue weighted by atomic mass is 35.5. The second-order valence-corrected chi connectivity index (χ2v) is 3.98. The van der Waals surface area contributed by atoms with Gasteiger partial charge in [-0.2, -0.15) is 0 Å². The number of hydrogen-bond acceptors (Lipinski definition) is 4. The van der Waals surface area contributed by atoms with Gasteiger partial charge in [0.2, 0.25) is 0 Å². The molecule has 7 heteroatoms. The lowest BCUT2D eigenvalue weighted by Gasteiger charge is -2.04. The van der Waals surface area contributed by atoms with Crippen LogP contribution in [-0.4, -0.2) is 18.3 Å². The smallest absolute Gasteiger partial charge is 0.325 e. The number of oxime groups is 1. The van der Waals surface area contributed by atoms with E-state index >= 15 is 0 Å². The molecule has 1 aromatic rings. The topological polar surface area (TPSA) is 76.7 Å². The number of nitrogens with two attached hydrogens (primary N) is 1. The third kappa shape index (κ3) is 4.60. The van der Waals surface area contributed by atoms with E-state index < -0.39 is 6.09 Å². The summed E-state index contributed by atoms with van der Waals surface area (Å²) in [6, 6.07) is 4.66. The Kier molecular flexibility index (Phi) is 5.21. The fourth-order valence-electron chi connectivity index (χ4n) is 0.871. The van der Waals surface area contributed by atoms with Gasteiger partial charge < -0.3 is 5.73 Å². The quantitative estimate of drug-likeness (QED) is 0.506. The number of carbonyl (C=O) groups is 1. The molecule has 0 aromatic heterocycles. The van der Waals surface area contributed by atoms with Crippen LogP contribution in [0.15, 0.2) is 23.4 Å². The first-order valence-corrected chi connectivity index (χ1v) is 5.45. The third-order valence-electron chi connectivity index (χ3n) is 1.75. The zero-order valence-corrected chi connectivity index (χ0v) is 10.5. The zero-order chi connectivity index (χ0) is 12.8. The summed E-state index contributed by atoms with van der Waals surface area (Å²) in [4.78, 5) is 15.8. The number of hydrogen-bond donors (Lipinski definition) is 2. The lowest BCUT2D eigenvalue weighted by Crippen LogP contribution is -2.14. The molecule has 0 aliphatic carbocycles. The third-order valence-corrected chi connectivity index (χ3v) is 2.48. The lowest BCUT2D eigenvalue weighted by molar-refractivity contribution is 0.166. The Morgan fingerprint density at radius 1 is 1.47 bits per heavy atom. The molecule has 92 valence electrons. The van der Waals surface area contributed by atoms with Crippen LogP contribution < -0.4 is 11.1 Å². The fourth-order valence-corrected chi connectivity index (χ4v) is 1.17. The van der Waals surface area contributed by atoms with E-state index in [-0.39, 0.29) is 6.54 Å². The molecular formula is C10H11Cl2N3O2. The van der Waals surface area contributed by atoms with Crippen LogP contribution >= 0.6 is 23.2 Å². The number of halogens is 2. The van der Waals surface area contributed by atoms with E-state index in [1.807, 2.05) is 0 Å². The number of nitrogens with one attached hydrogen (secondary N) is 1. The Labute approximate surface area is 109 Å². The van der Waals surface area contributed by atoms with E-state index in [1.54, 1.807) is 19.1 Å². The van der Waals surface area contributed by atoms with Gasteiger partial charge >= 0.3 is 6.09 Å². The maximum absolute atomic E-state index is 11.3. The monoisotopic (exact) mass is 275 g/mol. The fraction of sp³-hybridized carbons (Fsp3) is 0.200. The van der Waals surface area contributed by atoms with Crippen LogP contribution in [0.1, 0.15) is 6.92 Å². The van der Waals surface area contributed by atoms with E-state index in [2.05, 4.69) is 15.3 Å². The Morgan fingerprint density at radius 3 is 2.76 bits per heavy atom. The van der Waals surface area contributed by atoms with Gasteiger partial charge in [0, 0.05) is 12.2 Å². The van der Waals surface area contributed by atoms with E-state index in [1.165, 1.54) is 6.07 Å². The van der Waals surface area contributed by atoms with Crippen LogP contribution in [0.2, 0.25) is 10.0 Å². The Hall–Kier alpha value is -1.30. The molecule has 17 heavy (non-hydrogen) atoms. The van der Waals surface area contributed by atoms with Crippen molar-refractivity contribution >= 4 is 40.7 Å². The van der Waals surface area contributed by atoms with Crippen molar-refractivity contribution in [2.45, 2.75) is 6.92 Å². The summed E-state index contributed by atoms with van der Waals surface area (Å²) in [5, 5.41) is 6.68. The molecule has 5 nitrogen and oxygen atoms in total. The molecule has 0 saturated heterocycles. The Bertz CT molecular complexity index is 449. The van der Waals surface area contributed by atoms with Crippen LogP contribution in [0.25, 0.3) is 0 Å². The summed E-state index contributed by atoms with van der Waals surface area (Å²) in [5.74, 6) is 0. The van der Waals surface area contributed by atoms with Crippen molar-refractivity contribution < 1.29 is 9.63 Å². The van der Waals surface area contributed by atoms with Gasteiger partial charge in [-0.25, -0.2) is 4.79 Å². The van der Waals surface area contributed by atoms with Crippen molar-refractivity contribution in [1.29, 1.82) is 0 Å². The Morgan fingerprint density at radius 2 is 2.18 bits per heavy atom. The molecule has 1 amide bonds. The average Bonchev–Trinajstić information content (AvgIpc) is 2.31. The second-order valence-electron chi connectivity index (χ2n) is 3.16. The van der Waals surface area contributed by atoms with Crippen LogP contribution in [0.3, 0.4) is 0 Å². The van der Waals surface area contributed by atoms with Gasteiger partial charge in [0.05, 0.1) is 15.8 Å². The van der Waals surface area contributed by atoms with Crippen LogP contribution in [0, 0.1) is 0 Å². The molecule has 0 saturated carbocycles. The minimum absolute atomic E-state index is 0.222. The second kappa shape index (κ2) is 6.44. The average molecular weight is 276 g/mol. The molecule has 0 bridgehead atoms. The minimum atomic E-state index is -0.726. The number of rotatable bonds is 3. The minimum Gasteiger partial charge on any atom is -0.325 e. The summed E-state index contributed by atoms with van der Waals surface area (Å²) in [5.41, 5.74) is 6.24. The van der Waals surface area contributed by atoms with E-state index in [0.717, 1.165) is 0 Å². The molecule has 0 atom stereocenters. The van der Waals surface area contributed by atoms with Gasteiger partial charge in [0.1, 0.15) is 0 Å². The molecule has 1 rings (SSSR count). The first-order chi connectivity index (χ1) is 8.02. The largest absolute Gasteiger partial charge is 0.437 e. The highest BCUT2D eigenvalue weighted by Gasteiger charge is 2.05. The Balaban J connectivity index is 2.59. The standard InChI is InChI=1S/C10H11Cl2N3O2/c1-6(5-13)15-17-10(16)14-7-2-3-8(11)9(12)4-7/h2-4H,5,13H2,1H3,(H,14,16)/b15-6+. The van der Waals surface area contributed by atoms with Crippen molar-refractivity contribution in [3.05, 3.63) is 28.2 Å². The molecule has 0 fully saturated rings. The summed E-state index contributed by atoms with van der Waals surface area (Å²) >= 11 is 11.5. The lowest BCUT2D eigenvalue weighted by atomic mass is 10.3. The summed E-state index contributed by atoms with van der Waals surface area (Å²) in [6.45, 7) is 1.87. The van der Waals surface area contributed by atoms with Gasteiger partial charge in [0.15, 0.2) is 0 Å². The molecule has 0 heterocycles. The van der Waals surface area contributed by atoms with Gasteiger partial charge in [-0.05, 0) is 25.1 Å². The molecular weight excluding hydrogens is 265 g/mol. The van der Waals surface area contributed by atoms with E-state index in [0.29, 0.717) is 21.4 Å². The number of nitrogens with zero attached hydrogens (tertiary/aromatic N) is 1. The van der Waals surface area contributed by atoms with Gasteiger partial charge in [-0.1, -0.05) is 28.4 Å². The number of anilines is 1. The maximum atomic E-state index is 11.3. The predicted molar refractivity (Wildman–Crippen MR) is 68.7 cm³/mol. The van der Waals surface area contributed by atoms with Gasteiger partial charge in [-0.15, -0.1) is 0 Å². The summed E-state index contributed by atoms with van der Waals surface area (Å²) in [7, 11) is 0. The highest BCUT2D eigenvalue weighted by Crippen LogP contribution is 2.24. The van der Waals surface area contributed by atoms with Crippen molar-refractivity contribution in [2.75, 3.05) is 11.9 Å². The molecule has 3 N–H and O–H groups in total. The van der Waals surface area contributed by atoms with E-state index in [4.69, 9.17) is 28.9 Å². The first kappa shape index (κ1) is 13.8. The van der Waals surface area contributed by atoms with Crippen molar-refractivity contribution in [3.8, 4) is 0 Å². The molecule has 0 spiro atoms. The number of amides is 1. The SMILES string of the molecule is C/C(CN)=N\OC(=O)Nc1ccc(Cl)c(Cl)c1. The van der Waals surface area contributed by atoms with Crippen LogP contribution in [0.5, 0.6) is 0 Å². The highest BCUT2D eigenvalue weighted by molar-refractivity contribution is 6.42. The van der Waals surface area contributed by atoms with Gasteiger partial charge in [0.25, 0.3) is 0 Å². The molecule has 1 aromatic carbocycles. The summed E-state index contributed by atoms with van der Waals surface area (Å²) < 4.78 is 0.